The second-order valence-corrected chi connectivity index (χ2v) is 6.42. The number of aromatic nitrogens is 2. The van der Waals surface area contributed by atoms with Gasteiger partial charge in [-0.15, -0.1) is 0 Å². The molecular formula is C15H19N3O2. The van der Waals surface area contributed by atoms with E-state index in [0.717, 1.165) is 18.5 Å². The van der Waals surface area contributed by atoms with Crippen LogP contribution in [0.4, 0.5) is 5.69 Å². The van der Waals surface area contributed by atoms with Crippen LogP contribution in [-0.4, -0.2) is 16.0 Å². The Morgan fingerprint density at radius 1 is 1.15 bits per heavy atom. The summed E-state index contributed by atoms with van der Waals surface area (Å²) in [6, 6.07) is 6.09. The summed E-state index contributed by atoms with van der Waals surface area (Å²) in [6.07, 6.45) is 3.53. The molecule has 0 radical (unpaired) electrons. The van der Waals surface area contributed by atoms with Crippen LogP contribution in [0.3, 0.4) is 0 Å². The van der Waals surface area contributed by atoms with Gasteiger partial charge in [0.1, 0.15) is 0 Å². The Morgan fingerprint density at radius 2 is 1.85 bits per heavy atom. The lowest BCUT2D eigenvalue weighted by molar-refractivity contribution is 0.378. The van der Waals surface area contributed by atoms with Crippen LogP contribution >= 0.6 is 0 Å². The van der Waals surface area contributed by atoms with Crippen molar-refractivity contribution in [2.75, 3.05) is 5.32 Å². The van der Waals surface area contributed by atoms with Crippen LogP contribution in [0, 0.1) is 5.41 Å². The van der Waals surface area contributed by atoms with E-state index in [1.807, 2.05) is 18.2 Å². The highest BCUT2D eigenvalue weighted by Crippen LogP contribution is 2.38. The highest BCUT2D eigenvalue weighted by atomic mass is 16.2. The Labute approximate surface area is 116 Å². The minimum Gasteiger partial charge on any atom is -0.382 e. The molecule has 1 aromatic heterocycles. The fourth-order valence-electron chi connectivity index (χ4n) is 3.00. The van der Waals surface area contributed by atoms with Crippen LogP contribution in [0.2, 0.25) is 0 Å². The number of H-pyrrole nitrogens is 2. The smallest absolute Gasteiger partial charge is 0.314 e. The Bertz CT molecular complexity index is 758. The minimum absolute atomic E-state index is 0.397. The van der Waals surface area contributed by atoms with Crippen molar-refractivity contribution < 1.29 is 0 Å². The normalized spacial score (nSPS) is 21.2. The summed E-state index contributed by atoms with van der Waals surface area (Å²) in [4.78, 5) is 27.8. The molecule has 3 N–H and O–H groups in total. The molecular weight excluding hydrogens is 254 g/mol. The molecule has 0 spiro atoms. The molecule has 2 aromatic rings. The average Bonchev–Trinajstić information content (AvgIpc) is 2.70. The van der Waals surface area contributed by atoms with Gasteiger partial charge < -0.3 is 15.3 Å². The molecule has 1 aliphatic rings. The standard InChI is InChI=1S/C15H19N3O2/c1-15(2)6-5-10(8-15)16-9-3-4-11-12(7-9)18-14(20)13(19)17-11/h3-4,7,10,16H,5-6,8H2,1-2H3,(H,17,19)(H,18,20). The van der Waals surface area contributed by atoms with Gasteiger partial charge in [-0.25, -0.2) is 0 Å². The van der Waals surface area contributed by atoms with Gasteiger partial charge in [0.2, 0.25) is 0 Å². The number of anilines is 1. The number of nitrogens with one attached hydrogen (secondary N) is 3. The summed E-state index contributed by atoms with van der Waals surface area (Å²) in [5, 5.41) is 3.51. The number of rotatable bonds is 2. The molecule has 5 heteroatoms. The summed E-state index contributed by atoms with van der Waals surface area (Å²) in [5.41, 5.74) is 1.44. The molecule has 0 bridgehead atoms. The molecule has 1 atom stereocenters. The number of aromatic amines is 2. The Kier molecular flexibility index (Phi) is 2.92. The van der Waals surface area contributed by atoms with E-state index < -0.39 is 11.1 Å². The number of fused-ring (bicyclic) bond motifs is 1. The molecule has 0 saturated heterocycles. The van der Waals surface area contributed by atoms with E-state index in [2.05, 4.69) is 29.1 Å². The highest BCUT2D eigenvalue weighted by molar-refractivity contribution is 5.78. The van der Waals surface area contributed by atoms with Gasteiger partial charge in [-0.2, -0.15) is 0 Å². The van der Waals surface area contributed by atoms with Gasteiger partial charge in [-0.05, 0) is 42.9 Å². The molecule has 5 nitrogen and oxygen atoms in total. The largest absolute Gasteiger partial charge is 0.382 e. The van der Waals surface area contributed by atoms with Crippen LogP contribution < -0.4 is 16.4 Å². The first-order valence-electron chi connectivity index (χ1n) is 6.96. The van der Waals surface area contributed by atoms with Gasteiger partial charge in [-0.3, -0.25) is 9.59 Å². The van der Waals surface area contributed by atoms with Crippen molar-refractivity contribution in [1.82, 2.24) is 9.97 Å². The summed E-state index contributed by atoms with van der Waals surface area (Å²) in [6.45, 7) is 4.58. The Morgan fingerprint density at radius 3 is 2.50 bits per heavy atom. The zero-order valence-corrected chi connectivity index (χ0v) is 11.7. The lowest BCUT2D eigenvalue weighted by Gasteiger charge is -2.18. The molecule has 1 unspecified atom stereocenters. The fraction of sp³-hybridized carbons (Fsp3) is 0.467. The number of hydrogen-bond acceptors (Lipinski definition) is 3. The number of hydrogen-bond donors (Lipinski definition) is 3. The molecule has 1 aliphatic carbocycles. The van der Waals surface area contributed by atoms with E-state index in [4.69, 9.17) is 0 Å². The quantitative estimate of drug-likeness (QED) is 0.734. The van der Waals surface area contributed by atoms with Crippen LogP contribution in [0.5, 0.6) is 0 Å². The predicted octanol–water partition coefficient (Wildman–Crippen LogP) is 2.21. The van der Waals surface area contributed by atoms with Gasteiger partial charge in [0.15, 0.2) is 0 Å². The second kappa shape index (κ2) is 4.51. The molecule has 0 amide bonds. The van der Waals surface area contributed by atoms with Gasteiger partial charge in [0.05, 0.1) is 11.0 Å². The summed E-state index contributed by atoms with van der Waals surface area (Å²) in [5.74, 6) is 0. The van der Waals surface area contributed by atoms with Crippen LogP contribution in [-0.2, 0) is 0 Å². The zero-order valence-electron chi connectivity index (χ0n) is 11.7. The first-order valence-corrected chi connectivity index (χ1v) is 6.96. The maximum atomic E-state index is 11.4. The van der Waals surface area contributed by atoms with E-state index in [1.54, 1.807) is 0 Å². The molecule has 1 heterocycles. The lowest BCUT2D eigenvalue weighted by Crippen LogP contribution is -2.28. The lowest BCUT2D eigenvalue weighted by atomic mass is 9.92. The maximum absolute atomic E-state index is 11.4. The molecule has 1 saturated carbocycles. The van der Waals surface area contributed by atoms with Crippen molar-refractivity contribution in [3.8, 4) is 0 Å². The first kappa shape index (κ1) is 13.0. The van der Waals surface area contributed by atoms with E-state index in [0.29, 0.717) is 22.5 Å². The van der Waals surface area contributed by atoms with Crippen molar-refractivity contribution in [2.45, 2.75) is 39.2 Å². The highest BCUT2D eigenvalue weighted by Gasteiger charge is 2.30. The van der Waals surface area contributed by atoms with Crippen LogP contribution in [0.15, 0.2) is 27.8 Å². The monoisotopic (exact) mass is 273 g/mol. The molecule has 1 fully saturated rings. The van der Waals surface area contributed by atoms with Gasteiger partial charge in [0, 0.05) is 11.7 Å². The van der Waals surface area contributed by atoms with E-state index in [9.17, 15) is 9.59 Å². The third kappa shape index (κ3) is 2.48. The van der Waals surface area contributed by atoms with Crippen molar-refractivity contribution >= 4 is 16.7 Å². The van der Waals surface area contributed by atoms with E-state index >= 15 is 0 Å². The van der Waals surface area contributed by atoms with Gasteiger partial charge in [0.25, 0.3) is 0 Å². The fourth-order valence-corrected chi connectivity index (χ4v) is 3.00. The van der Waals surface area contributed by atoms with Gasteiger partial charge in [-0.1, -0.05) is 13.8 Å². The van der Waals surface area contributed by atoms with Crippen molar-refractivity contribution in [2.24, 2.45) is 5.41 Å². The predicted molar refractivity (Wildman–Crippen MR) is 80.2 cm³/mol. The van der Waals surface area contributed by atoms with Crippen molar-refractivity contribution in [1.29, 1.82) is 0 Å². The van der Waals surface area contributed by atoms with Crippen molar-refractivity contribution in [3.63, 3.8) is 0 Å². The van der Waals surface area contributed by atoms with Crippen molar-refractivity contribution in [3.05, 3.63) is 38.9 Å². The van der Waals surface area contributed by atoms with E-state index in [-0.39, 0.29) is 0 Å². The third-order valence-electron chi connectivity index (χ3n) is 4.06. The SMILES string of the molecule is CC1(C)CCC(Nc2ccc3[nH]c(=O)c(=O)[nH]c3c2)C1. The first-order chi connectivity index (χ1) is 9.43. The third-order valence-corrected chi connectivity index (χ3v) is 4.06. The average molecular weight is 273 g/mol. The molecule has 3 rings (SSSR count). The van der Waals surface area contributed by atoms with Crippen LogP contribution in [0.1, 0.15) is 33.1 Å². The molecule has 20 heavy (non-hydrogen) atoms. The molecule has 0 aliphatic heterocycles. The molecule has 1 aromatic carbocycles. The van der Waals surface area contributed by atoms with E-state index in [1.165, 1.54) is 6.42 Å². The summed E-state index contributed by atoms with van der Waals surface area (Å²) < 4.78 is 0. The topological polar surface area (TPSA) is 77.8 Å². The summed E-state index contributed by atoms with van der Waals surface area (Å²) >= 11 is 0. The Hall–Kier alpha value is -2.04. The van der Waals surface area contributed by atoms with Crippen LogP contribution in [0.25, 0.3) is 11.0 Å². The number of benzene rings is 1. The minimum atomic E-state index is -0.615. The maximum Gasteiger partial charge on any atom is 0.314 e. The zero-order chi connectivity index (χ0) is 14.3. The summed E-state index contributed by atoms with van der Waals surface area (Å²) in [7, 11) is 0. The second-order valence-electron chi connectivity index (χ2n) is 6.42. The van der Waals surface area contributed by atoms with Gasteiger partial charge >= 0.3 is 11.1 Å². The molecule has 106 valence electrons. The Balaban J connectivity index is 1.88.